The van der Waals surface area contributed by atoms with E-state index in [2.05, 4.69) is 27.6 Å². The molecule has 0 aliphatic heterocycles. The van der Waals surface area contributed by atoms with Crippen LogP contribution in [0.5, 0.6) is 0 Å². The quantitative estimate of drug-likeness (QED) is 0.664. The summed E-state index contributed by atoms with van der Waals surface area (Å²) in [7, 11) is 0. The zero-order valence-corrected chi connectivity index (χ0v) is 16.1. The minimum Gasteiger partial charge on any atom is -0.334 e. The number of nitrogens with one attached hydrogen (secondary N) is 2. The van der Waals surface area contributed by atoms with Gasteiger partial charge in [0.05, 0.1) is 5.69 Å². The topological polar surface area (TPSA) is 71.8 Å². The standard InChI is InChI=1S/C20H22ClN5O/c1-3-15-6-7-17(21)16(4-2)19(15)25-20(27)23-13-14-8-10-22-18(12-14)26-11-5-9-24-26/h5-12H,3-4,13H2,1-2H3,(H2,23,25,27). The number of aromatic nitrogens is 3. The van der Waals surface area contributed by atoms with Gasteiger partial charge < -0.3 is 10.6 Å². The number of carbonyl (C=O) groups is 1. The SMILES string of the molecule is CCc1ccc(Cl)c(CC)c1NC(=O)NCc1ccnc(-n2cccn2)c1. The molecule has 0 aliphatic carbocycles. The maximum atomic E-state index is 12.4. The molecule has 1 aromatic carbocycles. The molecule has 6 nitrogen and oxygen atoms in total. The van der Waals surface area contributed by atoms with Crippen molar-refractivity contribution in [3.63, 3.8) is 0 Å². The highest BCUT2D eigenvalue weighted by Gasteiger charge is 2.13. The maximum absolute atomic E-state index is 12.4. The highest BCUT2D eigenvalue weighted by molar-refractivity contribution is 6.31. The van der Waals surface area contributed by atoms with E-state index in [1.807, 2.05) is 43.5 Å². The molecule has 140 valence electrons. The predicted molar refractivity (Wildman–Crippen MR) is 107 cm³/mol. The minimum atomic E-state index is -0.265. The third-order valence-electron chi connectivity index (χ3n) is 4.32. The molecule has 0 bridgehead atoms. The van der Waals surface area contributed by atoms with E-state index < -0.39 is 0 Å². The fourth-order valence-corrected chi connectivity index (χ4v) is 3.20. The van der Waals surface area contributed by atoms with Crippen molar-refractivity contribution in [1.82, 2.24) is 20.1 Å². The van der Waals surface area contributed by atoms with Crippen LogP contribution in [0.3, 0.4) is 0 Å². The van der Waals surface area contributed by atoms with Gasteiger partial charge in [-0.25, -0.2) is 14.5 Å². The number of hydrogen-bond donors (Lipinski definition) is 2. The van der Waals surface area contributed by atoms with Crippen LogP contribution in [0, 0.1) is 0 Å². The summed E-state index contributed by atoms with van der Waals surface area (Å²) >= 11 is 6.29. The van der Waals surface area contributed by atoms with Gasteiger partial charge in [0.15, 0.2) is 5.82 Å². The van der Waals surface area contributed by atoms with E-state index in [9.17, 15) is 4.79 Å². The average Bonchev–Trinajstić information content (AvgIpc) is 3.22. The third kappa shape index (κ3) is 4.46. The summed E-state index contributed by atoms with van der Waals surface area (Å²) in [5, 5.41) is 10.7. The van der Waals surface area contributed by atoms with Crippen LogP contribution in [-0.4, -0.2) is 20.8 Å². The van der Waals surface area contributed by atoms with Crippen LogP contribution in [-0.2, 0) is 19.4 Å². The number of halogens is 1. The largest absolute Gasteiger partial charge is 0.334 e. The third-order valence-corrected chi connectivity index (χ3v) is 4.67. The van der Waals surface area contributed by atoms with Crippen LogP contribution in [0.25, 0.3) is 5.82 Å². The first-order valence-electron chi connectivity index (χ1n) is 8.92. The summed E-state index contributed by atoms with van der Waals surface area (Å²) in [6.07, 6.45) is 6.79. The van der Waals surface area contributed by atoms with Crippen molar-refractivity contribution in [1.29, 1.82) is 0 Å². The number of rotatable bonds is 6. The molecule has 0 aliphatic rings. The molecule has 7 heteroatoms. The molecule has 3 rings (SSSR count). The molecule has 2 amide bonds. The molecule has 0 spiro atoms. The zero-order chi connectivity index (χ0) is 19.2. The Balaban J connectivity index is 1.69. The van der Waals surface area contributed by atoms with Gasteiger partial charge in [-0.3, -0.25) is 0 Å². The second-order valence-corrected chi connectivity index (χ2v) is 6.45. The van der Waals surface area contributed by atoms with E-state index in [4.69, 9.17) is 11.6 Å². The first-order chi connectivity index (χ1) is 13.1. The fourth-order valence-electron chi connectivity index (χ4n) is 2.91. The molecule has 0 saturated carbocycles. The van der Waals surface area contributed by atoms with Gasteiger partial charge in [-0.1, -0.05) is 31.5 Å². The lowest BCUT2D eigenvalue weighted by Crippen LogP contribution is -2.29. The van der Waals surface area contributed by atoms with Gasteiger partial charge in [-0.05, 0) is 53.8 Å². The van der Waals surface area contributed by atoms with Gasteiger partial charge in [0.1, 0.15) is 0 Å². The number of nitrogens with zero attached hydrogens (tertiary/aromatic N) is 3. The van der Waals surface area contributed by atoms with Gasteiger partial charge >= 0.3 is 6.03 Å². The normalized spacial score (nSPS) is 10.6. The van der Waals surface area contributed by atoms with Crippen LogP contribution in [0.15, 0.2) is 48.9 Å². The molecule has 0 fully saturated rings. The number of hydrogen-bond acceptors (Lipinski definition) is 3. The Morgan fingerprint density at radius 2 is 2.04 bits per heavy atom. The van der Waals surface area contributed by atoms with Crippen LogP contribution < -0.4 is 10.6 Å². The van der Waals surface area contributed by atoms with Gasteiger partial charge in [-0.2, -0.15) is 5.10 Å². The number of anilines is 1. The predicted octanol–water partition coefficient (Wildman–Crippen LogP) is 4.37. The molecular weight excluding hydrogens is 362 g/mol. The molecule has 3 aromatic rings. The Kier molecular flexibility index (Phi) is 6.08. The van der Waals surface area contributed by atoms with Crippen LogP contribution in [0.1, 0.15) is 30.5 Å². The molecule has 0 saturated heterocycles. The first kappa shape index (κ1) is 18.9. The highest BCUT2D eigenvalue weighted by atomic mass is 35.5. The molecular formula is C20H22ClN5O. The highest BCUT2D eigenvalue weighted by Crippen LogP contribution is 2.29. The molecule has 0 unspecified atom stereocenters. The maximum Gasteiger partial charge on any atom is 0.319 e. The van der Waals surface area contributed by atoms with Crippen molar-refractivity contribution in [2.75, 3.05) is 5.32 Å². The second kappa shape index (κ2) is 8.68. The van der Waals surface area contributed by atoms with Crippen LogP contribution in [0.2, 0.25) is 5.02 Å². The lowest BCUT2D eigenvalue weighted by atomic mass is 10.0. The summed E-state index contributed by atoms with van der Waals surface area (Å²) in [5.74, 6) is 0.705. The number of urea groups is 1. The minimum absolute atomic E-state index is 0.265. The summed E-state index contributed by atoms with van der Waals surface area (Å²) in [5.41, 5.74) is 3.76. The second-order valence-electron chi connectivity index (χ2n) is 6.05. The Hall–Kier alpha value is -2.86. The number of pyridine rings is 1. The molecule has 2 aromatic heterocycles. The summed E-state index contributed by atoms with van der Waals surface area (Å²) < 4.78 is 1.68. The Bertz CT molecular complexity index is 924. The summed E-state index contributed by atoms with van der Waals surface area (Å²) in [6.45, 7) is 4.46. The van der Waals surface area contributed by atoms with Crippen molar-refractivity contribution in [2.45, 2.75) is 33.2 Å². The lowest BCUT2D eigenvalue weighted by molar-refractivity contribution is 0.251. The van der Waals surface area contributed by atoms with Gasteiger partial charge in [0, 0.05) is 30.2 Å². The van der Waals surface area contributed by atoms with Crippen LogP contribution >= 0.6 is 11.6 Å². The van der Waals surface area contributed by atoms with E-state index in [0.29, 0.717) is 17.4 Å². The zero-order valence-electron chi connectivity index (χ0n) is 15.4. The number of amides is 2. The fraction of sp³-hybridized carbons (Fsp3) is 0.250. The van der Waals surface area contributed by atoms with Crippen molar-refractivity contribution in [2.24, 2.45) is 0 Å². The average molecular weight is 384 g/mol. The van der Waals surface area contributed by atoms with Gasteiger partial charge in [0.25, 0.3) is 0 Å². The Morgan fingerprint density at radius 3 is 2.74 bits per heavy atom. The van der Waals surface area contributed by atoms with E-state index >= 15 is 0 Å². The molecule has 2 heterocycles. The van der Waals surface area contributed by atoms with E-state index in [-0.39, 0.29) is 6.03 Å². The van der Waals surface area contributed by atoms with Crippen LogP contribution in [0.4, 0.5) is 10.5 Å². The monoisotopic (exact) mass is 383 g/mol. The molecule has 0 radical (unpaired) electrons. The molecule has 0 atom stereocenters. The van der Waals surface area contributed by atoms with Gasteiger partial charge in [0.2, 0.25) is 0 Å². The van der Waals surface area contributed by atoms with E-state index in [1.54, 1.807) is 17.1 Å². The van der Waals surface area contributed by atoms with E-state index in [1.165, 1.54) is 0 Å². The van der Waals surface area contributed by atoms with Gasteiger partial charge in [-0.15, -0.1) is 0 Å². The summed E-state index contributed by atoms with van der Waals surface area (Å²) in [4.78, 5) is 16.7. The van der Waals surface area contributed by atoms with E-state index in [0.717, 1.165) is 35.2 Å². The Labute approximate surface area is 163 Å². The number of benzene rings is 1. The smallest absolute Gasteiger partial charge is 0.319 e. The lowest BCUT2D eigenvalue weighted by Gasteiger charge is -2.16. The number of aryl methyl sites for hydroxylation is 1. The summed E-state index contributed by atoms with van der Waals surface area (Å²) in [6, 6.07) is 9.16. The molecule has 2 N–H and O–H groups in total. The molecule has 27 heavy (non-hydrogen) atoms. The Morgan fingerprint density at radius 1 is 1.19 bits per heavy atom. The van der Waals surface area contributed by atoms with Crippen molar-refractivity contribution in [3.8, 4) is 5.82 Å². The number of carbonyl (C=O) groups excluding carboxylic acids is 1. The van der Waals surface area contributed by atoms with Crippen molar-refractivity contribution >= 4 is 23.3 Å². The van der Waals surface area contributed by atoms with Crippen molar-refractivity contribution < 1.29 is 4.79 Å². The van der Waals surface area contributed by atoms with Crippen molar-refractivity contribution in [3.05, 3.63) is 70.6 Å². The first-order valence-corrected chi connectivity index (χ1v) is 9.30.